The molecule has 0 aromatic heterocycles. The Bertz CT molecular complexity index is 948. The molecule has 0 aliphatic carbocycles. The van der Waals surface area contributed by atoms with E-state index in [1.165, 1.54) is 0 Å². The summed E-state index contributed by atoms with van der Waals surface area (Å²) in [5.41, 5.74) is 0.630. The highest BCUT2D eigenvalue weighted by Gasteiger charge is 2.08. The predicted octanol–water partition coefficient (Wildman–Crippen LogP) is 5.18. The lowest BCUT2D eigenvalue weighted by Gasteiger charge is -2.08. The van der Waals surface area contributed by atoms with E-state index in [1.807, 2.05) is 37.3 Å². The molecule has 0 fully saturated rings. The molecule has 0 bridgehead atoms. The topological polar surface area (TPSA) is 52.6 Å². The Balaban J connectivity index is 1.58. The minimum Gasteiger partial charge on any atom is -0.482 e. The molecule has 3 aromatic rings. The molecule has 0 aliphatic heterocycles. The first-order chi connectivity index (χ1) is 12.5. The largest absolute Gasteiger partial charge is 0.482 e. The number of ketones is 1. The summed E-state index contributed by atoms with van der Waals surface area (Å²) in [6.45, 7) is 1.60. The van der Waals surface area contributed by atoms with Crippen LogP contribution in [0.2, 0.25) is 0 Å². The Labute approximate surface area is 159 Å². The van der Waals surface area contributed by atoms with Gasteiger partial charge in [-0.2, -0.15) is 0 Å². The van der Waals surface area contributed by atoms with Gasteiger partial charge in [0.1, 0.15) is 11.5 Å². The molecule has 3 rings (SSSR count). The van der Waals surface area contributed by atoms with Crippen LogP contribution in [0.5, 0.6) is 11.5 Å². The minimum absolute atomic E-state index is 0.0688. The van der Waals surface area contributed by atoms with E-state index in [9.17, 15) is 9.59 Å². The second-order valence-electron chi connectivity index (χ2n) is 5.72. The van der Waals surface area contributed by atoms with Crippen molar-refractivity contribution in [2.45, 2.75) is 13.3 Å². The molecule has 5 heteroatoms. The number of carbonyl (C=O) groups is 2. The highest BCUT2D eigenvalue weighted by atomic mass is 79.9. The van der Waals surface area contributed by atoms with Gasteiger partial charge in [0.2, 0.25) is 0 Å². The Morgan fingerprint density at radius 2 is 1.54 bits per heavy atom. The van der Waals surface area contributed by atoms with Crippen LogP contribution in [0.1, 0.15) is 23.7 Å². The summed E-state index contributed by atoms with van der Waals surface area (Å²) in [5, 5.41) is 2.03. The van der Waals surface area contributed by atoms with Crippen molar-refractivity contribution >= 4 is 38.5 Å². The van der Waals surface area contributed by atoms with E-state index in [0.717, 1.165) is 15.2 Å². The molecule has 0 heterocycles. The fourth-order valence-electron chi connectivity index (χ4n) is 2.50. The summed E-state index contributed by atoms with van der Waals surface area (Å²) in [6, 6.07) is 18.1. The van der Waals surface area contributed by atoms with Crippen LogP contribution in [0.15, 0.2) is 65.1 Å². The molecule has 132 valence electrons. The molecule has 0 saturated heterocycles. The highest BCUT2D eigenvalue weighted by molar-refractivity contribution is 9.10. The summed E-state index contributed by atoms with van der Waals surface area (Å²) in [4.78, 5) is 23.6. The number of esters is 1. The maximum absolute atomic E-state index is 12.0. The fourth-order valence-corrected chi connectivity index (χ4v) is 2.88. The number of benzene rings is 3. The molecule has 0 atom stereocenters. The third kappa shape index (κ3) is 4.49. The minimum atomic E-state index is -0.491. The number of hydrogen-bond acceptors (Lipinski definition) is 4. The normalized spacial score (nSPS) is 10.5. The van der Waals surface area contributed by atoms with Crippen LogP contribution in [0.3, 0.4) is 0 Å². The smallest absolute Gasteiger partial charge is 0.349 e. The van der Waals surface area contributed by atoms with Gasteiger partial charge in [-0.3, -0.25) is 4.79 Å². The molecule has 0 saturated carbocycles. The van der Waals surface area contributed by atoms with Crippen LogP contribution >= 0.6 is 15.9 Å². The van der Waals surface area contributed by atoms with Gasteiger partial charge in [-0.1, -0.05) is 35.0 Å². The molecule has 4 nitrogen and oxygen atoms in total. The lowest BCUT2D eigenvalue weighted by Crippen LogP contribution is -2.17. The second-order valence-corrected chi connectivity index (χ2v) is 6.63. The van der Waals surface area contributed by atoms with Gasteiger partial charge in [0.15, 0.2) is 12.4 Å². The summed E-state index contributed by atoms with van der Waals surface area (Å²) in [6.07, 6.45) is 0.454. The van der Waals surface area contributed by atoms with Gasteiger partial charge in [-0.05, 0) is 59.3 Å². The molecule has 0 aliphatic rings. The molecule has 26 heavy (non-hydrogen) atoms. The average molecular weight is 413 g/mol. The lowest BCUT2D eigenvalue weighted by molar-refractivity contribution is -0.136. The molecular weight excluding hydrogens is 396 g/mol. The van der Waals surface area contributed by atoms with Gasteiger partial charge >= 0.3 is 5.97 Å². The van der Waals surface area contributed by atoms with E-state index in [1.54, 1.807) is 30.3 Å². The SMILES string of the molecule is CCC(=O)c1ccc(OCC(=O)Oc2ccc3cc(Br)ccc3c2)cc1. The van der Waals surface area contributed by atoms with Gasteiger partial charge < -0.3 is 9.47 Å². The molecule has 0 N–H and O–H groups in total. The van der Waals surface area contributed by atoms with Crippen LogP contribution < -0.4 is 9.47 Å². The maximum atomic E-state index is 12.0. The molecule has 0 unspecified atom stereocenters. The number of fused-ring (bicyclic) bond motifs is 1. The third-order valence-corrected chi connectivity index (χ3v) is 4.35. The van der Waals surface area contributed by atoms with Crippen molar-refractivity contribution in [2.75, 3.05) is 6.61 Å². The van der Waals surface area contributed by atoms with Gasteiger partial charge in [0, 0.05) is 16.5 Å². The average Bonchev–Trinajstić information content (AvgIpc) is 2.66. The lowest BCUT2D eigenvalue weighted by atomic mass is 10.1. The summed E-state index contributed by atoms with van der Waals surface area (Å²) < 4.78 is 11.7. The van der Waals surface area contributed by atoms with Gasteiger partial charge in [-0.25, -0.2) is 4.79 Å². The van der Waals surface area contributed by atoms with Crippen molar-refractivity contribution in [1.29, 1.82) is 0 Å². The van der Waals surface area contributed by atoms with Crippen molar-refractivity contribution in [1.82, 2.24) is 0 Å². The van der Waals surface area contributed by atoms with Crippen molar-refractivity contribution < 1.29 is 19.1 Å². The molecule has 0 amide bonds. The summed E-state index contributed by atoms with van der Waals surface area (Å²) >= 11 is 3.43. The van der Waals surface area contributed by atoms with E-state index < -0.39 is 5.97 Å². The van der Waals surface area contributed by atoms with Crippen molar-refractivity contribution in [3.63, 3.8) is 0 Å². The first-order valence-electron chi connectivity index (χ1n) is 8.21. The van der Waals surface area contributed by atoms with Gasteiger partial charge in [0.05, 0.1) is 0 Å². The number of ether oxygens (including phenoxy) is 2. The van der Waals surface area contributed by atoms with E-state index in [2.05, 4.69) is 15.9 Å². The fraction of sp³-hybridized carbons (Fsp3) is 0.143. The number of carbonyl (C=O) groups excluding carboxylic acids is 2. The van der Waals surface area contributed by atoms with Crippen molar-refractivity contribution in [2.24, 2.45) is 0 Å². The van der Waals surface area contributed by atoms with Crippen molar-refractivity contribution in [3.8, 4) is 11.5 Å². The monoisotopic (exact) mass is 412 g/mol. The van der Waals surface area contributed by atoms with E-state index in [-0.39, 0.29) is 12.4 Å². The number of Topliss-reactive ketones (excluding diaryl/α,β-unsaturated/α-hetero) is 1. The van der Waals surface area contributed by atoms with E-state index in [4.69, 9.17) is 9.47 Å². The zero-order valence-corrected chi connectivity index (χ0v) is 15.8. The molecular formula is C21H17BrO4. The predicted molar refractivity (Wildman–Crippen MR) is 104 cm³/mol. The zero-order valence-electron chi connectivity index (χ0n) is 14.2. The van der Waals surface area contributed by atoms with Gasteiger partial charge in [-0.15, -0.1) is 0 Å². The zero-order chi connectivity index (χ0) is 18.5. The van der Waals surface area contributed by atoms with Crippen LogP contribution in [0.4, 0.5) is 0 Å². The maximum Gasteiger partial charge on any atom is 0.349 e. The van der Waals surface area contributed by atoms with Crippen LogP contribution in [0.25, 0.3) is 10.8 Å². The second kappa shape index (κ2) is 8.15. The highest BCUT2D eigenvalue weighted by Crippen LogP contribution is 2.24. The third-order valence-electron chi connectivity index (χ3n) is 3.86. The first-order valence-corrected chi connectivity index (χ1v) is 9.00. The van der Waals surface area contributed by atoms with Crippen LogP contribution in [0, 0.1) is 0 Å². The van der Waals surface area contributed by atoms with Crippen LogP contribution in [-0.4, -0.2) is 18.4 Å². The number of halogens is 1. The standard InChI is InChI=1S/C21H17BrO4/c1-2-20(23)14-4-8-18(9-5-14)25-13-21(24)26-19-10-6-15-11-17(22)7-3-16(15)12-19/h3-12H,2,13H2,1H3. The van der Waals surface area contributed by atoms with E-state index >= 15 is 0 Å². The van der Waals surface area contributed by atoms with Crippen molar-refractivity contribution in [3.05, 3.63) is 70.7 Å². The first kappa shape index (κ1) is 18.1. The number of hydrogen-bond donors (Lipinski definition) is 0. The Kier molecular flexibility index (Phi) is 5.68. The number of rotatable bonds is 6. The van der Waals surface area contributed by atoms with Crippen LogP contribution in [-0.2, 0) is 4.79 Å². The quantitative estimate of drug-likeness (QED) is 0.318. The molecule has 0 spiro atoms. The summed E-state index contributed by atoms with van der Waals surface area (Å²) in [5.74, 6) is 0.560. The molecule has 3 aromatic carbocycles. The Morgan fingerprint density at radius 3 is 2.27 bits per heavy atom. The van der Waals surface area contributed by atoms with Gasteiger partial charge in [0.25, 0.3) is 0 Å². The molecule has 0 radical (unpaired) electrons. The summed E-state index contributed by atoms with van der Waals surface area (Å²) in [7, 11) is 0. The Morgan fingerprint density at radius 1 is 0.885 bits per heavy atom. The Hall–Kier alpha value is -2.66. The van der Waals surface area contributed by atoms with E-state index in [0.29, 0.717) is 23.5 Å².